The van der Waals surface area contributed by atoms with E-state index in [0.717, 1.165) is 12.1 Å². The van der Waals surface area contributed by atoms with Crippen LogP contribution in [-0.4, -0.2) is 11.7 Å². The second-order valence-corrected chi connectivity index (χ2v) is 4.75. The molecular formula is C15H14F3NO. The minimum absolute atomic E-state index is 0.364. The molecule has 2 rings (SSSR count). The lowest BCUT2D eigenvalue weighted by atomic mass is 9.92. The molecule has 0 aromatic heterocycles. The van der Waals surface area contributed by atoms with Gasteiger partial charge in [0.05, 0.1) is 12.1 Å². The van der Waals surface area contributed by atoms with Gasteiger partial charge in [0.15, 0.2) is 11.6 Å². The molecule has 0 radical (unpaired) electrons. The summed E-state index contributed by atoms with van der Waals surface area (Å²) in [6.45, 7) is 1.25. The van der Waals surface area contributed by atoms with Crippen molar-refractivity contribution in [3.05, 3.63) is 65.5 Å². The number of hydrogen-bond acceptors (Lipinski definition) is 2. The topological polar surface area (TPSA) is 32.3 Å². The van der Waals surface area contributed by atoms with Crippen molar-refractivity contribution in [1.29, 1.82) is 0 Å². The van der Waals surface area contributed by atoms with Gasteiger partial charge in [-0.05, 0) is 42.8 Å². The monoisotopic (exact) mass is 281 g/mol. The number of hydrogen-bond donors (Lipinski definition) is 2. The summed E-state index contributed by atoms with van der Waals surface area (Å²) >= 11 is 0. The highest BCUT2D eigenvalue weighted by molar-refractivity contribution is 5.48. The molecule has 5 heteroatoms. The van der Waals surface area contributed by atoms with Crippen LogP contribution >= 0.6 is 0 Å². The molecular weight excluding hydrogens is 267 g/mol. The molecule has 2 N–H and O–H groups in total. The number of benzene rings is 2. The first-order chi connectivity index (χ1) is 9.44. The van der Waals surface area contributed by atoms with Gasteiger partial charge in [-0.2, -0.15) is 0 Å². The van der Waals surface area contributed by atoms with Crippen molar-refractivity contribution in [2.24, 2.45) is 0 Å². The van der Waals surface area contributed by atoms with Crippen LogP contribution in [-0.2, 0) is 5.54 Å². The Balaban J connectivity index is 2.35. The van der Waals surface area contributed by atoms with Crippen LogP contribution in [0.3, 0.4) is 0 Å². The number of rotatable bonds is 4. The summed E-state index contributed by atoms with van der Waals surface area (Å²) in [4.78, 5) is 0. The third-order valence-electron chi connectivity index (χ3n) is 3.12. The zero-order valence-electron chi connectivity index (χ0n) is 10.8. The molecule has 20 heavy (non-hydrogen) atoms. The van der Waals surface area contributed by atoms with Crippen molar-refractivity contribution in [1.82, 2.24) is 0 Å². The van der Waals surface area contributed by atoms with Gasteiger partial charge in [-0.25, -0.2) is 13.2 Å². The lowest BCUT2D eigenvalue weighted by molar-refractivity contribution is 0.223. The summed E-state index contributed by atoms with van der Waals surface area (Å²) in [7, 11) is 0. The Kier molecular flexibility index (Phi) is 3.99. The van der Waals surface area contributed by atoms with Gasteiger partial charge in [-0.15, -0.1) is 0 Å². The van der Waals surface area contributed by atoms with Crippen molar-refractivity contribution >= 4 is 5.69 Å². The lowest BCUT2D eigenvalue weighted by Crippen LogP contribution is -2.36. The van der Waals surface area contributed by atoms with Crippen LogP contribution in [0.25, 0.3) is 0 Å². The Morgan fingerprint density at radius 1 is 1.05 bits per heavy atom. The fraction of sp³-hybridized carbons (Fsp3) is 0.200. The standard InChI is InChI=1S/C15H14F3NO/c1-15(9-20,10-5-6-13(17)14(18)7-10)19-12-4-2-3-11(16)8-12/h2-8,19-20H,9H2,1H3. The first kappa shape index (κ1) is 14.4. The van der Waals surface area contributed by atoms with E-state index in [1.807, 2.05) is 0 Å². The van der Waals surface area contributed by atoms with E-state index in [2.05, 4.69) is 5.32 Å². The summed E-state index contributed by atoms with van der Waals surface area (Å²) in [5.41, 5.74) is -0.253. The molecule has 0 aliphatic rings. The van der Waals surface area contributed by atoms with Crippen LogP contribution < -0.4 is 5.32 Å². The number of halogens is 3. The Hall–Kier alpha value is -2.01. The van der Waals surface area contributed by atoms with Crippen LogP contribution in [0.4, 0.5) is 18.9 Å². The molecule has 1 unspecified atom stereocenters. The van der Waals surface area contributed by atoms with Crippen LogP contribution in [0.1, 0.15) is 12.5 Å². The normalized spacial score (nSPS) is 13.8. The predicted molar refractivity (Wildman–Crippen MR) is 70.8 cm³/mol. The van der Waals surface area contributed by atoms with E-state index >= 15 is 0 Å². The fourth-order valence-electron chi connectivity index (χ4n) is 1.93. The molecule has 0 saturated carbocycles. The molecule has 2 aromatic rings. The lowest BCUT2D eigenvalue weighted by Gasteiger charge is -2.30. The number of anilines is 1. The van der Waals surface area contributed by atoms with Gasteiger partial charge in [0.25, 0.3) is 0 Å². The van der Waals surface area contributed by atoms with E-state index in [0.29, 0.717) is 11.3 Å². The first-order valence-electron chi connectivity index (χ1n) is 6.05. The summed E-state index contributed by atoms with van der Waals surface area (Å²) in [6, 6.07) is 9.06. The number of aliphatic hydroxyl groups excluding tert-OH is 1. The molecule has 0 bridgehead atoms. The highest BCUT2D eigenvalue weighted by atomic mass is 19.2. The van der Waals surface area contributed by atoms with Gasteiger partial charge in [0.2, 0.25) is 0 Å². The molecule has 0 amide bonds. The zero-order valence-corrected chi connectivity index (χ0v) is 10.8. The third-order valence-corrected chi connectivity index (χ3v) is 3.12. The van der Waals surface area contributed by atoms with Gasteiger partial charge < -0.3 is 10.4 Å². The molecule has 1 atom stereocenters. The van der Waals surface area contributed by atoms with E-state index in [-0.39, 0.29) is 6.61 Å². The van der Waals surface area contributed by atoms with Crippen molar-refractivity contribution in [2.75, 3.05) is 11.9 Å². The van der Waals surface area contributed by atoms with E-state index in [1.54, 1.807) is 13.0 Å². The average molecular weight is 281 g/mol. The van der Waals surface area contributed by atoms with Crippen molar-refractivity contribution < 1.29 is 18.3 Å². The molecule has 106 valence electrons. The minimum atomic E-state index is -1.05. The Morgan fingerprint density at radius 2 is 1.80 bits per heavy atom. The Morgan fingerprint density at radius 3 is 2.40 bits per heavy atom. The first-order valence-corrected chi connectivity index (χ1v) is 6.05. The van der Waals surface area contributed by atoms with Gasteiger partial charge in [0.1, 0.15) is 5.82 Å². The molecule has 0 saturated heterocycles. The molecule has 2 nitrogen and oxygen atoms in total. The van der Waals surface area contributed by atoms with Crippen LogP contribution in [0.5, 0.6) is 0 Å². The van der Waals surface area contributed by atoms with Crippen molar-refractivity contribution in [3.63, 3.8) is 0 Å². The maximum atomic E-state index is 13.3. The average Bonchev–Trinajstić information content (AvgIpc) is 2.41. The highest BCUT2D eigenvalue weighted by Crippen LogP contribution is 2.27. The maximum absolute atomic E-state index is 13.3. The van der Waals surface area contributed by atoms with Gasteiger partial charge in [0, 0.05) is 5.69 Å². The molecule has 0 aliphatic heterocycles. The Bertz CT molecular complexity index is 618. The molecule has 0 aliphatic carbocycles. The fourth-order valence-corrected chi connectivity index (χ4v) is 1.93. The summed E-state index contributed by atoms with van der Waals surface area (Å²) in [6.07, 6.45) is 0. The number of nitrogens with one attached hydrogen (secondary N) is 1. The van der Waals surface area contributed by atoms with Gasteiger partial charge in [-0.1, -0.05) is 12.1 Å². The molecule has 0 heterocycles. The third kappa shape index (κ3) is 2.93. The van der Waals surface area contributed by atoms with Crippen molar-refractivity contribution in [2.45, 2.75) is 12.5 Å². The van der Waals surface area contributed by atoms with Crippen molar-refractivity contribution in [3.8, 4) is 0 Å². The summed E-state index contributed by atoms with van der Waals surface area (Å²) in [5, 5.41) is 12.5. The van der Waals surface area contributed by atoms with Gasteiger partial charge >= 0.3 is 0 Å². The smallest absolute Gasteiger partial charge is 0.159 e. The summed E-state index contributed by atoms with van der Waals surface area (Å²) in [5.74, 6) is -2.39. The van der Waals surface area contributed by atoms with Gasteiger partial charge in [-0.3, -0.25) is 0 Å². The van der Waals surface area contributed by atoms with Crippen LogP contribution in [0, 0.1) is 17.5 Å². The van der Waals surface area contributed by atoms with Crippen LogP contribution in [0.15, 0.2) is 42.5 Å². The van der Waals surface area contributed by atoms with E-state index in [4.69, 9.17) is 0 Å². The maximum Gasteiger partial charge on any atom is 0.159 e. The SMILES string of the molecule is CC(CO)(Nc1cccc(F)c1)c1ccc(F)c(F)c1. The van der Waals surface area contributed by atoms with E-state index < -0.39 is 23.0 Å². The molecule has 0 fully saturated rings. The summed E-state index contributed by atoms with van der Waals surface area (Å²) < 4.78 is 39.4. The number of aliphatic hydroxyl groups is 1. The molecule has 2 aromatic carbocycles. The largest absolute Gasteiger partial charge is 0.394 e. The second-order valence-electron chi connectivity index (χ2n) is 4.75. The molecule has 0 spiro atoms. The van der Waals surface area contributed by atoms with Crippen LogP contribution in [0.2, 0.25) is 0 Å². The Labute approximate surface area is 114 Å². The minimum Gasteiger partial charge on any atom is -0.394 e. The highest BCUT2D eigenvalue weighted by Gasteiger charge is 2.26. The van der Waals surface area contributed by atoms with E-state index in [1.165, 1.54) is 24.3 Å². The van der Waals surface area contributed by atoms with E-state index in [9.17, 15) is 18.3 Å². The second kappa shape index (κ2) is 5.54. The predicted octanol–water partition coefficient (Wildman–Crippen LogP) is 3.42. The quantitative estimate of drug-likeness (QED) is 0.900. The zero-order chi connectivity index (χ0) is 14.8.